The van der Waals surface area contributed by atoms with Crippen molar-refractivity contribution in [3.05, 3.63) is 65.5 Å². The Labute approximate surface area is 153 Å². The number of nitrogens with zero attached hydrogens (tertiary/aromatic N) is 2. The number of nitrogens with one attached hydrogen (secondary N) is 1. The fraction of sp³-hybridized carbons (Fsp3) is 0.263. The molecule has 0 aliphatic heterocycles. The van der Waals surface area contributed by atoms with Crippen molar-refractivity contribution < 1.29 is 12.9 Å². The van der Waals surface area contributed by atoms with Crippen LogP contribution in [-0.4, -0.2) is 18.6 Å². The van der Waals surface area contributed by atoms with E-state index >= 15 is 0 Å². The van der Waals surface area contributed by atoms with Gasteiger partial charge in [0.15, 0.2) is 0 Å². The number of aromatic nitrogens is 2. The summed E-state index contributed by atoms with van der Waals surface area (Å²) in [5.74, 6) is 0.988. The van der Waals surface area contributed by atoms with E-state index in [2.05, 4.69) is 28.7 Å². The summed E-state index contributed by atoms with van der Waals surface area (Å²) in [6, 6.07) is 14.5. The Balaban J connectivity index is 1.69. The van der Waals surface area contributed by atoms with Gasteiger partial charge in [-0.2, -0.15) is 4.98 Å². The highest BCUT2D eigenvalue weighted by molar-refractivity contribution is 7.89. The zero-order valence-electron chi connectivity index (χ0n) is 14.9. The molecule has 0 radical (unpaired) electrons. The number of sulfonamides is 1. The number of hydrogen-bond acceptors (Lipinski definition) is 5. The van der Waals surface area contributed by atoms with Crippen LogP contribution in [-0.2, 0) is 16.6 Å². The summed E-state index contributed by atoms with van der Waals surface area (Å²) in [7, 11) is -3.64. The van der Waals surface area contributed by atoms with Gasteiger partial charge < -0.3 is 4.52 Å². The monoisotopic (exact) mass is 371 g/mol. The van der Waals surface area contributed by atoms with Crippen molar-refractivity contribution in [3.63, 3.8) is 0 Å². The molecule has 0 saturated carbocycles. The van der Waals surface area contributed by atoms with E-state index < -0.39 is 10.0 Å². The molecule has 6 nitrogen and oxygen atoms in total. The van der Waals surface area contributed by atoms with Gasteiger partial charge in [-0.05, 0) is 30.5 Å². The summed E-state index contributed by atoms with van der Waals surface area (Å²) in [6.07, 6.45) is 0. The Morgan fingerprint density at radius 2 is 1.69 bits per heavy atom. The predicted molar refractivity (Wildman–Crippen MR) is 99.0 cm³/mol. The summed E-state index contributed by atoms with van der Waals surface area (Å²) < 4.78 is 32.4. The maximum absolute atomic E-state index is 12.4. The number of rotatable bonds is 6. The minimum atomic E-state index is -3.64. The number of aryl methyl sites for hydroxylation is 1. The lowest BCUT2D eigenvalue weighted by Gasteiger charge is -2.08. The van der Waals surface area contributed by atoms with Crippen molar-refractivity contribution in [1.29, 1.82) is 0 Å². The molecule has 3 aromatic rings. The van der Waals surface area contributed by atoms with E-state index in [9.17, 15) is 8.42 Å². The third-order valence-corrected chi connectivity index (χ3v) is 5.47. The molecule has 0 atom stereocenters. The van der Waals surface area contributed by atoms with Gasteiger partial charge in [0.2, 0.25) is 21.7 Å². The molecule has 136 valence electrons. The summed E-state index contributed by atoms with van der Waals surface area (Å²) in [6.45, 7) is 6.05. The van der Waals surface area contributed by atoms with Gasteiger partial charge in [0.05, 0.1) is 11.4 Å². The van der Waals surface area contributed by atoms with Crippen LogP contribution < -0.4 is 4.72 Å². The molecule has 0 aliphatic rings. The quantitative estimate of drug-likeness (QED) is 0.715. The van der Waals surface area contributed by atoms with Gasteiger partial charge in [0.1, 0.15) is 0 Å². The van der Waals surface area contributed by atoms with Crippen LogP contribution in [0.25, 0.3) is 11.4 Å². The second-order valence-electron chi connectivity index (χ2n) is 6.43. The van der Waals surface area contributed by atoms with Crippen LogP contribution in [0.4, 0.5) is 0 Å². The minimum absolute atomic E-state index is 0.0624. The van der Waals surface area contributed by atoms with Crippen molar-refractivity contribution in [1.82, 2.24) is 14.9 Å². The van der Waals surface area contributed by atoms with E-state index in [1.807, 2.05) is 43.3 Å². The molecule has 2 aromatic carbocycles. The summed E-state index contributed by atoms with van der Waals surface area (Å²) >= 11 is 0. The third kappa shape index (κ3) is 4.17. The lowest BCUT2D eigenvalue weighted by atomic mass is 10.0. The standard InChI is InChI=1S/C19H21N3O3S/c1-13(2)15-8-10-17(11-9-15)26(23,24)20-12-18-21-19(22-25-18)16-6-4-14(3)5-7-16/h4-11,13,20H,12H2,1-3H3. The van der Waals surface area contributed by atoms with Gasteiger partial charge in [-0.25, -0.2) is 13.1 Å². The van der Waals surface area contributed by atoms with Crippen molar-refractivity contribution in [2.24, 2.45) is 0 Å². The molecule has 1 aromatic heterocycles. The van der Waals surface area contributed by atoms with Crippen LogP contribution >= 0.6 is 0 Å². The SMILES string of the molecule is Cc1ccc(-c2noc(CNS(=O)(=O)c3ccc(C(C)C)cc3)n2)cc1. The molecule has 3 rings (SSSR count). The van der Waals surface area contributed by atoms with Gasteiger partial charge in [-0.3, -0.25) is 0 Å². The van der Waals surface area contributed by atoms with Crippen molar-refractivity contribution in [2.45, 2.75) is 38.1 Å². The van der Waals surface area contributed by atoms with Gasteiger partial charge in [0.25, 0.3) is 0 Å². The zero-order valence-corrected chi connectivity index (χ0v) is 15.7. The maximum Gasteiger partial charge on any atom is 0.242 e. The molecule has 0 unspecified atom stereocenters. The first kappa shape index (κ1) is 18.3. The first-order chi connectivity index (χ1) is 12.3. The fourth-order valence-electron chi connectivity index (χ4n) is 2.42. The van der Waals surface area contributed by atoms with Crippen LogP contribution in [0.1, 0.15) is 36.8 Å². The summed E-state index contributed by atoms with van der Waals surface area (Å²) in [5.41, 5.74) is 3.04. The van der Waals surface area contributed by atoms with Crippen molar-refractivity contribution >= 4 is 10.0 Å². The molecule has 0 saturated heterocycles. The van der Waals surface area contributed by atoms with E-state index in [-0.39, 0.29) is 17.3 Å². The molecule has 0 bridgehead atoms. The van der Waals surface area contributed by atoms with Gasteiger partial charge in [-0.1, -0.05) is 61.0 Å². The van der Waals surface area contributed by atoms with Crippen LogP contribution in [0.15, 0.2) is 57.9 Å². The Kier molecular flexibility index (Phi) is 5.20. The van der Waals surface area contributed by atoms with Crippen molar-refractivity contribution in [2.75, 3.05) is 0 Å². The van der Waals surface area contributed by atoms with E-state index in [1.165, 1.54) is 0 Å². The van der Waals surface area contributed by atoms with Crippen LogP contribution in [0.3, 0.4) is 0 Å². The zero-order chi connectivity index (χ0) is 18.7. The highest BCUT2D eigenvalue weighted by atomic mass is 32.2. The number of benzene rings is 2. The van der Waals surface area contributed by atoms with Crippen LogP contribution in [0, 0.1) is 6.92 Å². The minimum Gasteiger partial charge on any atom is -0.338 e. The smallest absolute Gasteiger partial charge is 0.242 e. The third-order valence-electron chi connectivity index (χ3n) is 4.05. The molecule has 1 N–H and O–H groups in total. The van der Waals surface area contributed by atoms with E-state index in [0.717, 1.165) is 16.7 Å². The molecule has 0 spiro atoms. The van der Waals surface area contributed by atoms with Gasteiger partial charge in [-0.15, -0.1) is 0 Å². The molecule has 7 heteroatoms. The lowest BCUT2D eigenvalue weighted by molar-refractivity contribution is 0.376. The second kappa shape index (κ2) is 7.39. The lowest BCUT2D eigenvalue weighted by Crippen LogP contribution is -2.23. The summed E-state index contributed by atoms with van der Waals surface area (Å²) in [4.78, 5) is 4.45. The molecule has 26 heavy (non-hydrogen) atoms. The van der Waals surface area contributed by atoms with Crippen LogP contribution in [0.5, 0.6) is 0 Å². The average Bonchev–Trinajstić information content (AvgIpc) is 3.10. The van der Waals surface area contributed by atoms with Gasteiger partial charge >= 0.3 is 0 Å². The second-order valence-corrected chi connectivity index (χ2v) is 8.19. The Hall–Kier alpha value is -2.51. The van der Waals surface area contributed by atoms with Crippen LogP contribution in [0.2, 0.25) is 0 Å². The molecular formula is C19H21N3O3S. The Bertz CT molecular complexity index is 976. The predicted octanol–water partition coefficient (Wildman–Crippen LogP) is 3.65. The molecule has 0 aliphatic carbocycles. The Morgan fingerprint density at radius 1 is 1.04 bits per heavy atom. The van der Waals surface area contributed by atoms with Crippen molar-refractivity contribution in [3.8, 4) is 11.4 Å². The highest BCUT2D eigenvalue weighted by Crippen LogP contribution is 2.18. The Morgan fingerprint density at radius 3 is 2.31 bits per heavy atom. The molecular weight excluding hydrogens is 350 g/mol. The average molecular weight is 371 g/mol. The maximum atomic E-state index is 12.4. The van der Waals surface area contributed by atoms with Gasteiger partial charge in [0, 0.05) is 5.56 Å². The normalized spacial score (nSPS) is 11.8. The summed E-state index contributed by atoms with van der Waals surface area (Å²) in [5, 5.41) is 3.90. The van der Waals surface area contributed by atoms with E-state index in [1.54, 1.807) is 12.1 Å². The first-order valence-electron chi connectivity index (χ1n) is 8.34. The highest BCUT2D eigenvalue weighted by Gasteiger charge is 2.16. The fourth-order valence-corrected chi connectivity index (χ4v) is 3.39. The molecule has 1 heterocycles. The number of hydrogen-bond donors (Lipinski definition) is 1. The van der Waals surface area contributed by atoms with E-state index in [0.29, 0.717) is 11.7 Å². The first-order valence-corrected chi connectivity index (χ1v) is 9.83. The largest absolute Gasteiger partial charge is 0.338 e. The molecule has 0 fully saturated rings. The molecule has 0 amide bonds. The van der Waals surface area contributed by atoms with E-state index in [4.69, 9.17) is 4.52 Å². The topological polar surface area (TPSA) is 85.1 Å².